The van der Waals surface area contributed by atoms with Gasteiger partial charge in [-0.15, -0.1) is 0 Å². The molecule has 4 nitrogen and oxygen atoms in total. The molecule has 3 rings (SSSR count). The Labute approximate surface area is 150 Å². The van der Waals surface area contributed by atoms with Crippen molar-refractivity contribution >= 4 is 5.91 Å². The molecule has 0 bridgehead atoms. The topological polar surface area (TPSA) is 36.7 Å². The van der Waals surface area contributed by atoms with Gasteiger partial charge in [-0.3, -0.25) is 9.69 Å². The van der Waals surface area contributed by atoms with Crippen LogP contribution in [0.5, 0.6) is 0 Å². The van der Waals surface area contributed by atoms with E-state index in [1.165, 1.54) is 11.1 Å². The highest BCUT2D eigenvalue weighted by atomic mass is 16.3. The summed E-state index contributed by atoms with van der Waals surface area (Å²) < 4.78 is 5.28. The minimum atomic E-state index is 0.00348. The van der Waals surface area contributed by atoms with Gasteiger partial charge < -0.3 is 9.32 Å². The largest absolute Gasteiger partial charge is 0.459 e. The maximum absolute atomic E-state index is 12.6. The Balaban J connectivity index is 1.52. The Morgan fingerprint density at radius 3 is 2.72 bits per heavy atom. The molecule has 1 aliphatic heterocycles. The number of furan rings is 1. The first-order chi connectivity index (χ1) is 12.0. The normalized spacial score (nSPS) is 21.5. The Bertz CT molecular complexity index is 696. The van der Waals surface area contributed by atoms with E-state index >= 15 is 0 Å². The average Bonchev–Trinajstić information content (AvgIpc) is 3.11. The lowest BCUT2D eigenvalue weighted by atomic mass is 10.0. The number of nitrogens with zero attached hydrogens (tertiary/aromatic N) is 2. The van der Waals surface area contributed by atoms with Crippen LogP contribution in [0.4, 0.5) is 0 Å². The van der Waals surface area contributed by atoms with Crippen LogP contribution in [0.15, 0.2) is 47.1 Å². The summed E-state index contributed by atoms with van der Waals surface area (Å²) in [7, 11) is 0. The van der Waals surface area contributed by atoms with Crippen LogP contribution in [0.3, 0.4) is 0 Å². The van der Waals surface area contributed by atoms with Crippen molar-refractivity contribution in [2.45, 2.75) is 45.7 Å². The van der Waals surface area contributed by atoms with Crippen LogP contribution >= 0.6 is 0 Å². The molecule has 2 heterocycles. The first kappa shape index (κ1) is 17.7. The molecule has 1 amide bonds. The van der Waals surface area contributed by atoms with E-state index in [4.69, 9.17) is 4.42 Å². The van der Waals surface area contributed by atoms with Crippen LogP contribution in [-0.4, -0.2) is 47.4 Å². The molecule has 25 heavy (non-hydrogen) atoms. The third-order valence-corrected chi connectivity index (χ3v) is 5.10. The molecule has 0 saturated carbocycles. The zero-order chi connectivity index (χ0) is 17.8. The van der Waals surface area contributed by atoms with E-state index in [0.29, 0.717) is 11.8 Å². The molecule has 2 unspecified atom stereocenters. The molecule has 134 valence electrons. The monoisotopic (exact) mass is 340 g/mol. The van der Waals surface area contributed by atoms with E-state index in [1.807, 2.05) is 4.90 Å². The van der Waals surface area contributed by atoms with Crippen LogP contribution < -0.4 is 0 Å². The number of carbonyl (C=O) groups excluding carboxylic acids is 1. The molecule has 1 saturated heterocycles. The van der Waals surface area contributed by atoms with Crippen LogP contribution in [0.2, 0.25) is 0 Å². The minimum Gasteiger partial charge on any atom is -0.459 e. The van der Waals surface area contributed by atoms with Gasteiger partial charge in [0.15, 0.2) is 5.76 Å². The molecule has 2 atom stereocenters. The van der Waals surface area contributed by atoms with E-state index in [0.717, 1.165) is 32.5 Å². The van der Waals surface area contributed by atoms with Crippen molar-refractivity contribution in [3.05, 3.63) is 59.5 Å². The predicted molar refractivity (Wildman–Crippen MR) is 99.7 cm³/mol. The molecule has 0 N–H and O–H groups in total. The maximum Gasteiger partial charge on any atom is 0.289 e. The second-order valence-corrected chi connectivity index (χ2v) is 7.22. The van der Waals surface area contributed by atoms with Crippen LogP contribution in [0.1, 0.15) is 41.9 Å². The summed E-state index contributed by atoms with van der Waals surface area (Å²) in [6, 6.07) is 12.8. The summed E-state index contributed by atoms with van der Waals surface area (Å²) in [5, 5.41) is 0. The van der Waals surface area contributed by atoms with Gasteiger partial charge in [0.2, 0.25) is 0 Å². The molecule has 1 aromatic heterocycles. The van der Waals surface area contributed by atoms with Crippen molar-refractivity contribution < 1.29 is 9.21 Å². The Hall–Kier alpha value is -2.07. The first-order valence-electron chi connectivity index (χ1n) is 9.18. The molecule has 0 aliphatic carbocycles. The van der Waals surface area contributed by atoms with E-state index < -0.39 is 0 Å². The fourth-order valence-electron chi connectivity index (χ4n) is 3.69. The molecule has 0 radical (unpaired) electrons. The SMILES string of the molecule is Cc1cccc(CCCN2CC(C)N(C(=O)c3ccco3)CC2C)c1. The fraction of sp³-hybridized carbons (Fsp3) is 0.476. The Kier molecular flexibility index (Phi) is 5.59. The van der Waals surface area contributed by atoms with Crippen LogP contribution in [0.25, 0.3) is 0 Å². The lowest BCUT2D eigenvalue weighted by Gasteiger charge is -2.44. The Morgan fingerprint density at radius 2 is 2.00 bits per heavy atom. The summed E-state index contributed by atoms with van der Waals surface area (Å²) in [5.41, 5.74) is 2.73. The number of benzene rings is 1. The second-order valence-electron chi connectivity index (χ2n) is 7.22. The van der Waals surface area contributed by atoms with Gasteiger partial charge in [-0.25, -0.2) is 0 Å². The number of piperazine rings is 1. The van der Waals surface area contributed by atoms with Gasteiger partial charge in [0, 0.05) is 25.2 Å². The zero-order valence-corrected chi connectivity index (χ0v) is 15.4. The van der Waals surface area contributed by atoms with Gasteiger partial charge >= 0.3 is 0 Å². The number of amides is 1. The highest BCUT2D eigenvalue weighted by molar-refractivity contribution is 5.91. The lowest BCUT2D eigenvalue weighted by molar-refractivity contribution is 0.0290. The quantitative estimate of drug-likeness (QED) is 0.832. The summed E-state index contributed by atoms with van der Waals surface area (Å²) in [5.74, 6) is 0.440. The van der Waals surface area contributed by atoms with Crippen molar-refractivity contribution in [3.8, 4) is 0 Å². The molecule has 1 fully saturated rings. The average molecular weight is 340 g/mol. The summed E-state index contributed by atoms with van der Waals surface area (Å²) in [4.78, 5) is 17.0. The molecule has 1 aromatic carbocycles. The third-order valence-electron chi connectivity index (χ3n) is 5.10. The van der Waals surface area contributed by atoms with Crippen molar-refractivity contribution in [2.75, 3.05) is 19.6 Å². The highest BCUT2D eigenvalue weighted by Crippen LogP contribution is 2.19. The number of aryl methyl sites for hydroxylation is 2. The highest BCUT2D eigenvalue weighted by Gasteiger charge is 2.32. The van der Waals surface area contributed by atoms with Gasteiger partial charge in [0.1, 0.15) is 0 Å². The predicted octanol–water partition coefficient (Wildman–Crippen LogP) is 3.76. The summed E-state index contributed by atoms with van der Waals surface area (Å²) in [6.07, 6.45) is 3.81. The van der Waals surface area contributed by atoms with E-state index in [-0.39, 0.29) is 11.9 Å². The summed E-state index contributed by atoms with van der Waals surface area (Å²) in [6.45, 7) is 9.22. The van der Waals surface area contributed by atoms with Crippen LogP contribution in [-0.2, 0) is 6.42 Å². The van der Waals surface area contributed by atoms with E-state index in [2.05, 4.69) is 49.9 Å². The third kappa shape index (κ3) is 4.31. The smallest absolute Gasteiger partial charge is 0.289 e. The van der Waals surface area contributed by atoms with E-state index in [9.17, 15) is 4.79 Å². The van der Waals surface area contributed by atoms with Crippen molar-refractivity contribution in [2.24, 2.45) is 0 Å². The van der Waals surface area contributed by atoms with Gasteiger partial charge in [0.25, 0.3) is 5.91 Å². The lowest BCUT2D eigenvalue weighted by Crippen LogP contribution is -2.58. The molecule has 0 spiro atoms. The number of hydrogen-bond donors (Lipinski definition) is 0. The number of carbonyl (C=O) groups is 1. The number of rotatable bonds is 5. The first-order valence-corrected chi connectivity index (χ1v) is 9.18. The zero-order valence-electron chi connectivity index (χ0n) is 15.4. The van der Waals surface area contributed by atoms with Gasteiger partial charge in [0.05, 0.1) is 6.26 Å². The maximum atomic E-state index is 12.6. The Morgan fingerprint density at radius 1 is 1.16 bits per heavy atom. The minimum absolute atomic E-state index is 0.00348. The van der Waals surface area contributed by atoms with Crippen LogP contribution in [0, 0.1) is 6.92 Å². The summed E-state index contributed by atoms with van der Waals surface area (Å²) >= 11 is 0. The molecular weight excluding hydrogens is 312 g/mol. The van der Waals surface area contributed by atoms with Gasteiger partial charge in [-0.05, 0) is 57.9 Å². The molecular formula is C21H28N2O2. The standard InChI is InChI=1S/C21H28N2O2/c1-16-7-4-8-19(13-16)9-5-11-22-14-18(3)23(15-17(22)2)21(24)20-10-6-12-25-20/h4,6-8,10,12-13,17-18H,5,9,11,14-15H2,1-3H3. The fourth-order valence-corrected chi connectivity index (χ4v) is 3.69. The van der Waals surface area contributed by atoms with Crippen molar-refractivity contribution in [1.82, 2.24) is 9.80 Å². The van der Waals surface area contributed by atoms with Crippen molar-refractivity contribution in [3.63, 3.8) is 0 Å². The van der Waals surface area contributed by atoms with Gasteiger partial charge in [-0.2, -0.15) is 0 Å². The molecule has 2 aromatic rings. The van der Waals surface area contributed by atoms with Crippen molar-refractivity contribution in [1.29, 1.82) is 0 Å². The molecule has 4 heteroatoms. The van der Waals surface area contributed by atoms with Gasteiger partial charge in [-0.1, -0.05) is 29.8 Å². The molecule has 1 aliphatic rings. The number of hydrogen-bond acceptors (Lipinski definition) is 3. The van der Waals surface area contributed by atoms with E-state index in [1.54, 1.807) is 18.4 Å². The second kappa shape index (κ2) is 7.87.